The molecule has 2 heterocycles. The third kappa shape index (κ3) is 4.76. The first kappa shape index (κ1) is 19.6. The normalized spacial score (nSPS) is 15.7. The molecule has 146 valence electrons. The van der Waals surface area contributed by atoms with Crippen molar-refractivity contribution in [3.8, 4) is 0 Å². The second-order valence-electron chi connectivity index (χ2n) is 5.93. The van der Waals surface area contributed by atoms with Crippen LogP contribution < -0.4 is 9.62 Å². The van der Waals surface area contributed by atoms with E-state index in [-0.39, 0.29) is 11.4 Å². The maximum absolute atomic E-state index is 12.6. The number of rotatable bonds is 5. The van der Waals surface area contributed by atoms with Crippen molar-refractivity contribution >= 4 is 15.8 Å². The van der Waals surface area contributed by atoms with E-state index < -0.39 is 21.8 Å². The van der Waals surface area contributed by atoms with Gasteiger partial charge in [0.25, 0.3) is 0 Å². The van der Waals surface area contributed by atoms with E-state index >= 15 is 0 Å². The maximum atomic E-state index is 12.6. The molecule has 1 aliphatic heterocycles. The molecular formula is C17H18F3N3O3S. The molecule has 1 N–H and O–H groups in total. The minimum atomic E-state index is -4.52. The van der Waals surface area contributed by atoms with Crippen molar-refractivity contribution in [1.82, 2.24) is 9.71 Å². The molecule has 3 rings (SSSR count). The fourth-order valence-electron chi connectivity index (χ4n) is 2.71. The van der Waals surface area contributed by atoms with E-state index in [9.17, 15) is 21.6 Å². The Kier molecular flexibility index (Phi) is 5.68. The average molecular weight is 401 g/mol. The summed E-state index contributed by atoms with van der Waals surface area (Å²) >= 11 is 0. The predicted octanol–water partition coefficient (Wildman–Crippen LogP) is 2.42. The van der Waals surface area contributed by atoms with Crippen molar-refractivity contribution in [2.24, 2.45) is 0 Å². The number of morpholine rings is 1. The first-order valence-electron chi connectivity index (χ1n) is 8.21. The van der Waals surface area contributed by atoms with Crippen molar-refractivity contribution in [3.05, 3.63) is 53.7 Å². The van der Waals surface area contributed by atoms with Gasteiger partial charge in [0.15, 0.2) is 0 Å². The molecule has 2 aromatic rings. The van der Waals surface area contributed by atoms with Crippen LogP contribution in [0.3, 0.4) is 0 Å². The minimum absolute atomic E-state index is 0.0239. The molecule has 0 unspecified atom stereocenters. The molecule has 1 aromatic heterocycles. The van der Waals surface area contributed by atoms with Gasteiger partial charge in [-0.15, -0.1) is 0 Å². The Bertz CT molecular complexity index is 880. The first-order valence-corrected chi connectivity index (χ1v) is 9.69. The minimum Gasteiger partial charge on any atom is -0.378 e. The summed E-state index contributed by atoms with van der Waals surface area (Å²) in [5.74, 6) is 0.663. The maximum Gasteiger partial charge on any atom is 0.416 e. The van der Waals surface area contributed by atoms with Crippen LogP contribution in [0.25, 0.3) is 0 Å². The second kappa shape index (κ2) is 7.83. The van der Waals surface area contributed by atoms with Gasteiger partial charge in [0.2, 0.25) is 10.0 Å². The van der Waals surface area contributed by atoms with Gasteiger partial charge in [0.1, 0.15) is 5.82 Å². The lowest BCUT2D eigenvalue weighted by Crippen LogP contribution is -2.37. The van der Waals surface area contributed by atoms with Crippen LogP contribution in [-0.2, 0) is 27.5 Å². The average Bonchev–Trinajstić information content (AvgIpc) is 2.67. The van der Waals surface area contributed by atoms with Gasteiger partial charge in [-0.2, -0.15) is 13.2 Å². The number of nitrogens with one attached hydrogen (secondary N) is 1. The largest absolute Gasteiger partial charge is 0.416 e. The molecule has 0 aliphatic carbocycles. The molecule has 0 radical (unpaired) electrons. The lowest BCUT2D eigenvalue weighted by Gasteiger charge is -2.29. The number of pyridine rings is 1. The Hall–Kier alpha value is -2.17. The number of nitrogens with zero attached hydrogens (tertiary/aromatic N) is 2. The van der Waals surface area contributed by atoms with E-state index in [0.29, 0.717) is 37.7 Å². The second-order valence-corrected chi connectivity index (χ2v) is 7.70. The lowest BCUT2D eigenvalue weighted by atomic mass is 10.2. The van der Waals surface area contributed by atoms with Gasteiger partial charge in [-0.25, -0.2) is 18.1 Å². The van der Waals surface area contributed by atoms with E-state index in [1.165, 1.54) is 0 Å². The molecule has 0 spiro atoms. The number of ether oxygens (including phenoxy) is 1. The predicted molar refractivity (Wildman–Crippen MR) is 92.7 cm³/mol. The van der Waals surface area contributed by atoms with Crippen molar-refractivity contribution in [2.45, 2.75) is 17.6 Å². The Labute approximate surface area is 155 Å². The monoisotopic (exact) mass is 401 g/mol. The van der Waals surface area contributed by atoms with Gasteiger partial charge in [0, 0.05) is 31.4 Å². The Morgan fingerprint density at radius 2 is 1.78 bits per heavy atom. The Morgan fingerprint density at radius 3 is 2.41 bits per heavy atom. The highest BCUT2D eigenvalue weighted by molar-refractivity contribution is 7.89. The van der Waals surface area contributed by atoms with E-state index in [0.717, 1.165) is 24.3 Å². The first-order chi connectivity index (χ1) is 12.8. The molecular weight excluding hydrogens is 383 g/mol. The fraction of sp³-hybridized carbons (Fsp3) is 0.353. The smallest absolute Gasteiger partial charge is 0.378 e. The number of benzene rings is 1. The molecule has 27 heavy (non-hydrogen) atoms. The van der Waals surface area contributed by atoms with Crippen LogP contribution >= 0.6 is 0 Å². The zero-order valence-electron chi connectivity index (χ0n) is 14.2. The molecule has 1 aromatic carbocycles. The summed E-state index contributed by atoms with van der Waals surface area (Å²) in [7, 11) is -3.96. The van der Waals surface area contributed by atoms with Gasteiger partial charge in [-0.1, -0.05) is 6.07 Å². The highest BCUT2D eigenvalue weighted by Crippen LogP contribution is 2.29. The third-order valence-electron chi connectivity index (χ3n) is 4.12. The highest BCUT2D eigenvalue weighted by Gasteiger charge is 2.30. The molecule has 0 atom stereocenters. The zero-order valence-corrected chi connectivity index (χ0v) is 15.1. The topological polar surface area (TPSA) is 71.5 Å². The van der Waals surface area contributed by atoms with Gasteiger partial charge in [0.05, 0.1) is 23.7 Å². The van der Waals surface area contributed by atoms with Crippen LogP contribution in [0.5, 0.6) is 0 Å². The standard InChI is InChI=1S/C17H18F3N3O3S/c18-17(19,20)14-3-5-15(6-4-14)27(24,25)22-12-13-2-1-7-21-16(13)23-8-10-26-11-9-23/h1-7,22H,8-12H2. The number of alkyl halides is 3. The van der Waals surface area contributed by atoms with Gasteiger partial charge in [-0.05, 0) is 30.3 Å². The third-order valence-corrected chi connectivity index (χ3v) is 5.54. The summed E-state index contributed by atoms with van der Waals surface area (Å²) in [6.45, 7) is 2.40. The number of hydrogen-bond donors (Lipinski definition) is 1. The fourth-order valence-corrected chi connectivity index (χ4v) is 3.71. The SMILES string of the molecule is O=S(=O)(NCc1cccnc1N1CCOCC1)c1ccc(C(F)(F)F)cc1. The lowest BCUT2D eigenvalue weighted by molar-refractivity contribution is -0.137. The molecule has 1 aliphatic rings. The molecule has 0 amide bonds. The van der Waals surface area contributed by atoms with Crippen LogP contribution in [0, 0.1) is 0 Å². The van der Waals surface area contributed by atoms with Crippen LogP contribution in [0.1, 0.15) is 11.1 Å². The molecule has 1 saturated heterocycles. The van der Waals surface area contributed by atoms with Crippen molar-refractivity contribution in [1.29, 1.82) is 0 Å². The van der Waals surface area contributed by atoms with Crippen molar-refractivity contribution in [2.75, 3.05) is 31.2 Å². The number of sulfonamides is 1. The molecule has 6 nitrogen and oxygen atoms in total. The van der Waals surface area contributed by atoms with E-state index in [1.54, 1.807) is 18.3 Å². The molecule has 0 bridgehead atoms. The zero-order chi connectivity index (χ0) is 19.5. The summed E-state index contributed by atoms with van der Waals surface area (Å²) in [4.78, 5) is 6.10. The van der Waals surface area contributed by atoms with Crippen LogP contribution in [-0.4, -0.2) is 39.7 Å². The van der Waals surface area contributed by atoms with Gasteiger partial charge in [-0.3, -0.25) is 0 Å². The van der Waals surface area contributed by atoms with E-state index in [4.69, 9.17) is 4.74 Å². The highest BCUT2D eigenvalue weighted by atomic mass is 32.2. The number of anilines is 1. The summed E-state index contributed by atoms with van der Waals surface area (Å²) in [6, 6.07) is 6.84. The van der Waals surface area contributed by atoms with Gasteiger partial charge >= 0.3 is 6.18 Å². The quantitative estimate of drug-likeness (QED) is 0.833. The summed E-state index contributed by atoms with van der Waals surface area (Å²) in [6.07, 6.45) is -2.89. The number of aromatic nitrogens is 1. The van der Waals surface area contributed by atoms with E-state index in [2.05, 4.69) is 9.71 Å². The van der Waals surface area contributed by atoms with Crippen molar-refractivity contribution in [3.63, 3.8) is 0 Å². The summed E-state index contributed by atoms with van der Waals surface area (Å²) in [5.41, 5.74) is -0.224. The van der Waals surface area contributed by atoms with Crippen LogP contribution in [0.15, 0.2) is 47.5 Å². The number of hydrogen-bond acceptors (Lipinski definition) is 5. The molecule has 0 saturated carbocycles. The van der Waals surface area contributed by atoms with E-state index in [1.807, 2.05) is 4.90 Å². The Morgan fingerprint density at radius 1 is 1.11 bits per heavy atom. The van der Waals surface area contributed by atoms with Crippen LogP contribution in [0.4, 0.5) is 19.0 Å². The number of halogens is 3. The summed E-state index contributed by atoms with van der Waals surface area (Å²) in [5, 5.41) is 0. The molecule has 10 heteroatoms. The molecule has 1 fully saturated rings. The van der Waals surface area contributed by atoms with Crippen LogP contribution in [0.2, 0.25) is 0 Å². The Balaban J connectivity index is 1.74. The van der Waals surface area contributed by atoms with Gasteiger partial charge < -0.3 is 9.64 Å². The summed E-state index contributed by atoms with van der Waals surface area (Å²) < 4.78 is 70.4. The van der Waals surface area contributed by atoms with Crippen molar-refractivity contribution < 1.29 is 26.3 Å².